The van der Waals surface area contributed by atoms with Gasteiger partial charge in [-0.15, -0.1) is 11.3 Å². The number of hydrogen-bond acceptors (Lipinski definition) is 4. The maximum Gasteiger partial charge on any atom is 0.319 e. The van der Waals surface area contributed by atoms with Gasteiger partial charge in [-0.05, 0) is 37.5 Å². The van der Waals surface area contributed by atoms with E-state index < -0.39 is 0 Å². The lowest BCUT2D eigenvalue weighted by molar-refractivity contribution is -0.127. The van der Waals surface area contributed by atoms with E-state index in [1.807, 2.05) is 18.2 Å². The highest BCUT2D eigenvalue weighted by atomic mass is 32.1. The number of fused-ring (bicyclic) bond motifs is 1. The fraction of sp³-hybridized carbons (Fsp3) is 0.438. The molecule has 1 heterocycles. The normalized spacial score (nSPS) is 14.3. The van der Waals surface area contributed by atoms with Crippen LogP contribution in [0, 0.1) is 5.92 Å². The molecule has 0 unspecified atom stereocenters. The van der Waals surface area contributed by atoms with Crippen molar-refractivity contribution in [2.75, 3.05) is 18.4 Å². The molecule has 0 aliphatic heterocycles. The van der Waals surface area contributed by atoms with Gasteiger partial charge in [-0.1, -0.05) is 6.42 Å². The molecule has 3 rings (SSSR count). The SMILES string of the molecule is O=C(NCCCNC(=O)C1CCC1)Nc1ccc2ncsc2c1. The van der Waals surface area contributed by atoms with E-state index in [1.165, 1.54) is 0 Å². The lowest BCUT2D eigenvalue weighted by Gasteiger charge is -2.23. The molecule has 3 N–H and O–H groups in total. The van der Waals surface area contributed by atoms with Crippen molar-refractivity contribution < 1.29 is 9.59 Å². The highest BCUT2D eigenvalue weighted by molar-refractivity contribution is 7.16. The standard InChI is InChI=1S/C16H20N4O2S/c21-15(11-3-1-4-11)17-7-2-8-18-16(22)20-12-5-6-13-14(9-12)23-10-19-13/h5-6,9-11H,1-4,7-8H2,(H,17,21)(H2,18,20,22). The lowest BCUT2D eigenvalue weighted by atomic mass is 9.85. The molecule has 1 saturated carbocycles. The minimum absolute atomic E-state index is 0.151. The predicted octanol–water partition coefficient (Wildman–Crippen LogP) is 2.72. The van der Waals surface area contributed by atoms with E-state index >= 15 is 0 Å². The molecule has 0 bridgehead atoms. The highest BCUT2D eigenvalue weighted by Gasteiger charge is 2.24. The Balaban J connectivity index is 1.33. The first-order valence-corrected chi connectivity index (χ1v) is 8.76. The zero-order valence-electron chi connectivity index (χ0n) is 12.8. The van der Waals surface area contributed by atoms with E-state index in [9.17, 15) is 9.59 Å². The fourth-order valence-corrected chi connectivity index (χ4v) is 3.14. The van der Waals surface area contributed by atoms with Crippen LogP contribution in [0.5, 0.6) is 0 Å². The minimum atomic E-state index is -0.237. The molecule has 0 spiro atoms. The number of carbonyl (C=O) groups excluding carboxylic acids is 2. The number of urea groups is 1. The van der Waals surface area contributed by atoms with Gasteiger partial charge in [-0.2, -0.15) is 0 Å². The van der Waals surface area contributed by atoms with E-state index in [1.54, 1.807) is 16.8 Å². The van der Waals surface area contributed by atoms with E-state index in [2.05, 4.69) is 20.9 Å². The molecule has 23 heavy (non-hydrogen) atoms. The smallest absolute Gasteiger partial charge is 0.319 e. The molecule has 1 aliphatic rings. The van der Waals surface area contributed by atoms with Crippen LogP contribution < -0.4 is 16.0 Å². The second-order valence-corrected chi connectivity index (χ2v) is 6.57. The summed E-state index contributed by atoms with van der Waals surface area (Å²) < 4.78 is 1.04. The Morgan fingerprint density at radius 2 is 2.04 bits per heavy atom. The van der Waals surface area contributed by atoms with Gasteiger partial charge in [0.1, 0.15) is 0 Å². The van der Waals surface area contributed by atoms with Gasteiger partial charge in [-0.25, -0.2) is 9.78 Å². The number of benzene rings is 1. The Morgan fingerprint density at radius 3 is 2.83 bits per heavy atom. The predicted molar refractivity (Wildman–Crippen MR) is 91.6 cm³/mol. The maximum absolute atomic E-state index is 11.8. The summed E-state index contributed by atoms with van der Waals surface area (Å²) in [5.74, 6) is 0.367. The van der Waals surface area contributed by atoms with Crippen molar-refractivity contribution in [3.63, 3.8) is 0 Å². The van der Waals surface area contributed by atoms with E-state index in [0.29, 0.717) is 13.1 Å². The summed E-state index contributed by atoms with van der Waals surface area (Å²) in [7, 11) is 0. The monoisotopic (exact) mass is 332 g/mol. The van der Waals surface area contributed by atoms with Crippen molar-refractivity contribution in [1.82, 2.24) is 15.6 Å². The molecule has 0 atom stereocenters. The lowest BCUT2D eigenvalue weighted by Crippen LogP contribution is -2.36. The third-order valence-electron chi connectivity index (χ3n) is 4.00. The average Bonchev–Trinajstić information content (AvgIpc) is 2.92. The third kappa shape index (κ3) is 4.19. The molecule has 1 aromatic heterocycles. The zero-order valence-corrected chi connectivity index (χ0v) is 13.6. The number of nitrogens with one attached hydrogen (secondary N) is 3. The number of aromatic nitrogens is 1. The van der Waals surface area contributed by atoms with Crippen molar-refractivity contribution >= 4 is 39.2 Å². The van der Waals surface area contributed by atoms with E-state index in [0.717, 1.165) is 41.6 Å². The van der Waals surface area contributed by atoms with Crippen LogP contribution in [0.1, 0.15) is 25.7 Å². The number of nitrogens with zero attached hydrogens (tertiary/aromatic N) is 1. The molecule has 2 aromatic rings. The molecule has 122 valence electrons. The summed E-state index contributed by atoms with van der Waals surface area (Å²) in [5, 5.41) is 8.50. The van der Waals surface area contributed by atoms with Crippen LogP contribution in [0.25, 0.3) is 10.2 Å². The van der Waals surface area contributed by atoms with Gasteiger partial charge in [0.05, 0.1) is 15.7 Å². The number of rotatable bonds is 6. The van der Waals surface area contributed by atoms with E-state index in [4.69, 9.17) is 0 Å². The second-order valence-electron chi connectivity index (χ2n) is 5.69. The third-order valence-corrected chi connectivity index (χ3v) is 4.80. The molecule has 0 saturated heterocycles. The van der Waals surface area contributed by atoms with Crippen molar-refractivity contribution in [2.24, 2.45) is 5.92 Å². The summed E-state index contributed by atoms with van der Waals surface area (Å²) in [6.07, 6.45) is 3.90. The first-order valence-electron chi connectivity index (χ1n) is 7.88. The van der Waals surface area contributed by atoms with Crippen LogP contribution in [0.2, 0.25) is 0 Å². The van der Waals surface area contributed by atoms with Crippen LogP contribution in [0.3, 0.4) is 0 Å². The molecular formula is C16H20N4O2S. The average molecular weight is 332 g/mol. The molecule has 3 amide bonds. The topological polar surface area (TPSA) is 83.1 Å². The summed E-state index contributed by atoms with van der Waals surface area (Å²) >= 11 is 1.54. The number of anilines is 1. The quantitative estimate of drug-likeness (QED) is 0.711. The van der Waals surface area contributed by atoms with Crippen LogP contribution in [0.15, 0.2) is 23.7 Å². The Hall–Kier alpha value is -2.15. The molecule has 1 aromatic carbocycles. The Morgan fingerprint density at radius 1 is 1.22 bits per heavy atom. The highest BCUT2D eigenvalue weighted by Crippen LogP contribution is 2.26. The zero-order chi connectivity index (χ0) is 16.1. The van der Waals surface area contributed by atoms with Crippen LogP contribution in [-0.2, 0) is 4.79 Å². The Kier molecular flexibility index (Phi) is 5.07. The van der Waals surface area contributed by atoms with Gasteiger partial charge in [0.2, 0.25) is 5.91 Å². The van der Waals surface area contributed by atoms with Crippen molar-refractivity contribution in [3.8, 4) is 0 Å². The molecule has 7 heteroatoms. The van der Waals surface area contributed by atoms with Gasteiger partial charge >= 0.3 is 6.03 Å². The van der Waals surface area contributed by atoms with E-state index in [-0.39, 0.29) is 17.9 Å². The number of thiazole rings is 1. The van der Waals surface area contributed by atoms with Gasteiger partial charge in [0, 0.05) is 24.7 Å². The first kappa shape index (κ1) is 15.7. The largest absolute Gasteiger partial charge is 0.356 e. The summed E-state index contributed by atoms with van der Waals surface area (Å²) in [6, 6.07) is 5.39. The van der Waals surface area contributed by atoms with Gasteiger partial charge in [-0.3, -0.25) is 4.79 Å². The maximum atomic E-state index is 11.8. The molecule has 1 aliphatic carbocycles. The molecule has 6 nitrogen and oxygen atoms in total. The summed E-state index contributed by atoms with van der Waals surface area (Å²) in [5.41, 5.74) is 3.47. The van der Waals surface area contributed by atoms with Gasteiger partial charge < -0.3 is 16.0 Å². The van der Waals surface area contributed by atoms with Crippen molar-refractivity contribution in [1.29, 1.82) is 0 Å². The Labute approximate surface area is 138 Å². The number of carbonyl (C=O) groups is 2. The Bertz CT molecular complexity index is 696. The van der Waals surface area contributed by atoms with Crippen LogP contribution in [-0.4, -0.2) is 30.0 Å². The first-order chi connectivity index (χ1) is 11.2. The van der Waals surface area contributed by atoms with Crippen molar-refractivity contribution in [2.45, 2.75) is 25.7 Å². The van der Waals surface area contributed by atoms with Crippen LogP contribution in [0.4, 0.5) is 10.5 Å². The van der Waals surface area contributed by atoms with Gasteiger partial charge in [0.15, 0.2) is 0 Å². The summed E-state index contributed by atoms with van der Waals surface area (Å²) in [6.45, 7) is 1.13. The van der Waals surface area contributed by atoms with Gasteiger partial charge in [0.25, 0.3) is 0 Å². The second kappa shape index (κ2) is 7.41. The summed E-state index contributed by atoms with van der Waals surface area (Å²) in [4.78, 5) is 27.7. The van der Waals surface area contributed by atoms with Crippen LogP contribution >= 0.6 is 11.3 Å². The molecular weight excluding hydrogens is 312 g/mol. The number of hydrogen-bond donors (Lipinski definition) is 3. The molecule has 1 fully saturated rings. The molecule has 0 radical (unpaired) electrons. The van der Waals surface area contributed by atoms with Crippen molar-refractivity contribution in [3.05, 3.63) is 23.7 Å². The minimum Gasteiger partial charge on any atom is -0.356 e. The fourth-order valence-electron chi connectivity index (χ4n) is 2.42. The number of amides is 3.